The zero-order chi connectivity index (χ0) is 16.1. The lowest BCUT2D eigenvalue weighted by molar-refractivity contribution is -0.119. The molecule has 0 saturated carbocycles. The second-order valence-electron chi connectivity index (χ2n) is 5.63. The van der Waals surface area contributed by atoms with Crippen molar-refractivity contribution in [3.8, 4) is 0 Å². The van der Waals surface area contributed by atoms with Gasteiger partial charge in [0, 0.05) is 24.2 Å². The molecular formula is C17H22N2O2S. The standard InChI is InChI=1S/C17H22N2O2S/c1-11-9-12(2)16(13(3)10-11)14(20)5-4-6-15(21)19-17-18-7-8-22-17/h9-10H,4-8H2,1-3H3,(H,18,19,21). The predicted molar refractivity (Wildman–Crippen MR) is 91.7 cm³/mol. The third-order valence-electron chi connectivity index (χ3n) is 3.60. The number of amides is 1. The first-order chi connectivity index (χ1) is 10.5. The van der Waals surface area contributed by atoms with Crippen molar-refractivity contribution in [2.24, 2.45) is 4.99 Å². The number of aryl methyl sites for hydroxylation is 3. The zero-order valence-corrected chi connectivity index (χ0v) is 14.2. The molecule has 0 fully saturated rings. The Labute approximate surface area is 135 Å². The lowest BCUT2D eigenvalue weighted by Crippen LogP contribution is -2.27. The van der Waals surface area contributed by atoms with Crippen LogP contribution in [0.25, 0.3) is 0 Å². The first kappa shape index (κ1) is 16.7. The number of thioether (sulfide) groups is 1. The predicted octanol–water partition coefficient (Wildman–Crippen LogP) is 3.18. The Balaban J connectivity index is 1.84. The molecule has 0 aromatic heterocycles. The van der Waals surface area contributed by atoms with E-state index in [2.05, 4.69) is 10.3 Å². The van der Waals surface area contributed by atoms with Gasteiger partial charge in [-0.1, -0.05) is 29.5 Å². The monoisotopic (exact) mass is 318 g/mol. The maximum atomic E-state index is 12.4. The Hall–Kier alpha value is -1.62. The third-order valence-corrected chi connectivity index (χ3v) is 4.49. The molecule has 1 aromatic rings. The van der Waals surface area contributed by atoms with E-state index in [9.17, 15) is 9.59 Å². The molecule has 1 heterocycles. The minimum atomic E-state index is -0.0571. The van der Waals surface area contributed by atoms with Gasteiger partial charge in [-0.3, -0.25) is 14.6 Å². The highest BCUT2D eigenvalue weighted by Crippen LogP contribution is 2.19. The van der Waals surface area contributed by atoms with Crippen molar-refractivity contribution in [3.63, 3.8) is 0 Å². The molecule has 0 unspecified atom stereocenters. The van der Waals surface area contributed by atoms with Crippen molar-refractivity contribution in [2.45, 2.75) is 40.0 Å². The summed E-state index contributed by atoms with van der Waals surface area (Å²) in [6.07, 6.45) is 1.32. The lowest BCUT2D eigenvalue weighted by Gasteiger charge is -2.10. The van der Waals surface area contributed by atoms with E-state index in [-0.39, 0.29) is 11.7 Å². The molecule has 0 spiro atoms. The van der Waals surface area contributed by atoms with Gasteiger partial charge in [0.2, 0.25) is 5.91 Å². The summed E-state index contributed by atoms with van der Waals surface area (Å²) >= 11 is 1.56. The third kappa shape index (κ3) is 4.44. The van der Waals surface area contributed by atoms with Crippen LogP contribution in [0.3, 0.4) is 0 Å². The molecule has 2 rings (SSSR count). The van der Waals surface area contributed by atoms with Gasteiger partial charge in [-0.2, -0.15) is 0 Å². The van der Waals surface area contributed by atoms with E-state index in [4.69, 9.17) is 0 Å². The summed E-state index contributed by atoms with van der Waals surface area (Å²) in [5.41, 5.74) is 4.01. The van der Waals surface area contributed by atoms with Crippen molar-refractivity contribution in [1.29, 1.82) is 0 Å². The Morgan fingerprint density at radius 3 is 2.45 bits per heavy atom. The van der Waals surface area contributed by atoms with Gasteiger partial charge in [-0.15, -0.1) is 0 Å². The average Bonchev–Trinajstić information content (AvgIpc) is 2.90. The summed E-state index contributed by atoms with van der Waals surface area (Å²) in [7, 11) is 0. The Kier molecular flexibility index (Phi) is 5.77. The summed E-state index contributed by atoms with van der Waals surface area (Å²) in [4.78, 5) is 28.3. The number of nitrogens with one attached hydrogen (secondary N) is 1. The molecule has 118 valence electrons. The molecule has 4 nitrogen and oxygen atoms in total. The van der Waals surface area contributed by atoms with E-state index in [0.717, 1.165) is 29.0 Å². The molecule has 1 aliphatic rings. The van der Waals surface area contributed by atoms with Crippen molar-refractivity contribution in [3.05, 3.63) is 34.4 Å². The fourth-order valence-corrected chi connectivity index (χ4v) is 3.49. The van der Waals surface area contributed by atoms with Crippen molar-refractivity contribution >= 4 is 28.6 Å². The number of ketones is 1. The summed E-state index contributed by atoms with van der Waals surface area (Å²) in [5.74, 6) is 0.994. The van der Waals surface area contributed by atoms with Crippen LogP contribution in [0.15, 0.2) is 17.1 Å². The highest BCUT2D eigenvalue weighted by Gasteiger charge is 2.14. The van der Waals surface area contributed by atoms with Crippen LogP contribution in [0.4, 0.5) is 0 Å². The summed E-state index contributed by atoms with van der Waals surface area (Å²) < 4.78 is 0. The second kappa shape index (κ2) is 7.58. The smallest absolute Gasteiger partial charge is 0.225 e. The Morgan fingerprint density at radius 2 is 1.86 bits per heavy atom. The zero-order valence-electron chi connectivity index (χ0n) is 13.4. The molecule has 0 atom stereocenters. The number of hydrogen-bond acceptors (Lipinski definition) is 4. The summed E-state index contributed by atoms with van der Waals surface area (Å²) in [6, 6.07) is 4.06. The molecule has 1 amide bonds. The number of nitrogens with zero attached hydrogens (tertiary/aromatic N) is 1. The van der Waals surface area contributed by atoms with Crippen LogP contribution in [-0.4, -0.2) is 29.2 Å². The van der Waals surface area contributed by atoms with Crippen LogP contribution >= 0.6 is 11.8 Å². The van der Waals surface area contributed by atoms with Gasteiger partial charge < -0.3 is 5.32 Å². The van der Waals surface area contributed by atoms with Gasteiger partial charge >= 0.3 is 0 Å². The molecular weight excluding hydrogens is 296 g/mol. The van der Waals surface area contributed by atoms with E-state index in [0.29, 0.717) is 24.4 Å². The maximum Gasteiger partial charge on any atom is 0.225 e. The van der Waals surface area contributed by atoms with E-state index in [1.165, 1.54) is 5.56 Å². The number of hydrogen-bond donors (Lipinski definition) is 1. The molecule has 0 radical (unpaired) electrons. The lowest BCUT2D eigenvalue weighted by atomic mass is 9.94. The minimum Gasteiger partial charge on any atom is -0.305 e. The molecule has 1 aliphatic heterocycles. The van der Waals surface area contributed by atoms with Crippen LogP contribution in [0.5, 0.6) is 0 Å². The molecule has 0 bridgehead atoms. The summed E-state index contributed by atoms with van der Waals surface area (Å²) in [5, 5.41) is 3.50. The molecule has 5 heteroatoms. The van der Waals surface area contributed by atoms with Gasteiger partial charge in [0.1, 0.15) is 0 Å². The highest BCUT2D eigenvalue weighted by molar-refractivity contribution is 8.14. The van der Waals surface area contributed by atoms with Gasteiger partial charge in [0.15, 0.2) is 11.0 Å². The maximum absolute atomic E-state index is 12.4. The fraction of sp³-hybridized carbons (Fsp3) is 0.471. The number of amidine groups is 1. The van der Waals surface area contributed by atoms with Crippen LogP contribution in [0, 0.1) is 20.8 Å². The van der Waals surface area contributed by atoms with E-state index in [1.54, 1.807) is 11.8 Å². The molecule has 0 aliphatic carbocycles. The topological polar surface area (TPSA) is 58.5 Å². The van der Waals surface area contributed by atoms with Crippen LogP contribution < -0.4 is 5.32 Å². The fourth-order valence-electron chi connectivity index (χ4n) is 2.75. The second-order valence-corrected chi connectivity index (χ2v) is 6.72. The quantitative estimate of drug-likeness (QED) is 0.848. The van der Waals surface area contributed by atoms with Crippen LogP contribution in [0.2, 0.25) is 0 Å². The van der Waals surface area contributed by atoms with Crippen molar-refractivity contribution in [1.82, 2.24) is 5.32 Å². The Morgan fingerprint density at radius 1 is 1.18 bits per heavy atom. The van der Waals surface area contributed by atoms with E-state index in [1.807, 2.05) is 32.9 Å². The van der Waals surface area contributed by atoms with Crippen molar-refractivity contribution < 1.29 is 9.59 Å². The largest absolute Gasteiger partial charge is 0.305 e. The summed E-state index contributed by atoms with van der Waals surface area (Å²) in [6.45, 7) is 6.73. The normalized spacial score (nSPS) is 13.9. The van der Waals surface area contributed by atoms with Crippen LogP contribution in [0.1, 0.15) is 46.3 Å². The van der Waals surface area contributed by atoms with Crippen molar-refractivity contribution in [2.75, 3.05) is 12.3 Å². The Bertz CT molecular complexity index is 600. The van der Waals surface area contributed by atoms with Gasteiger partial charge in [0.25, 0.3) is 0 Å². The first-order valence-corrected chi connectivity index (χ1v) is 8.54. The number of rotatable bonds is 5. The van der Waals surface area contributed by atoms with Gasteiger partial charge in [0.05, 0.1) is 6.54 Å². The van der Waals surface area contributed by atoms with Gasteiger partial charge in [-0.25, -0.2) is 0 Å². The number of aliphatic imine (C=N–C) groups is 1. The average molecular weight is 318 g/mol. The number of benzene rings is 1. The number of carbonyl (C=O) groups excluding carboxylic acids is 2. The molecule has 22 heavy (non-hydrogen) atoms. The molecule has 1 aromatic carbocycles. The number of carbonyl (C=O) groups is 2. The van der Waals surface area contributed by atoms with Gasteiger partial charge in [-0.05, 0) is 38.3 Å². The minimum absolute atomic E-state index is 0.0571. The molecule has 0 saturated heterocycles. The van der Waals surface area contributed by atoms with E-state index < -0.39 is 0 Å². The number of Topliss-reactive ketones (excluding diaryl/α,β-unsaturated/α-hetero) is 1. The SMILES string of the molecule is Cc1cc(C)c(C(=O)CCCC(=O)NC2=NCCS2)c(C)c1. The van der Waals surface area contributed by atoms with E-state index >= 15 is 0 Å². The molecule has 1 N–H and O–H groups in total. The first-order valence-electron chi connectivity index (χ1n) is 7.55. The highest BCUT2D eigenvalue weighted by atomic mass is 32.2. The van der Waals surface area contributed by atoms with Crippen LogP contribution in [-0.2, 0) is 4.79 Å².